The first kappa shape index (κ1) is 18.2. The predicted octanol–water partition coefficient (Wildman–Crippen LogP) is 2.17. The Balaban J connectivity index is 2.33. The zero-order chi connectivity index (χ0) is 15.5. The van der Waals surface area contributed by atoms with Gasteiger partial charge in [-0.3, -0.25) is 4.99 Å². The summed E-state index contributed by atoms with van der Waals surface area (Å²) in [5.74, 6) is 1.42. The molecule has 5 heteroatoms. The SMILES string of the molecule is CCNC(=NCC1CCCO1)NCCC(OCC)C(C)C. The molecule has 2 N–H and O–H groups in total. The molecular weight excluding hydrogens is 266 g/mol. The van der Waals surface area contributed by atoms with Gasteiger partial charge in [0.05, 0.1) is 18.8 Å². The highest BCUT2D eigenvalue weighted by Gasteiger charge is 2.15. The summed E-state index contributed by atoms with van der Waals surface area (Å²) in [4.78, 5) is 4.61. The van der Waals surface area contributed by atoms with Crippen LogP contribution in [-0.4, -0.2) is 51.0 Å². The van der Waals surface area contributed by atoms with E-state index in [0.717, 1.165) is 58.1 Å². The number of ether oxygens (including phenoxy) is 2. The lowest BCUT2D eigenvalue weighted by Gasteiger charge is -2.21. The first-order valence-corrected chi connectivity index (χ1v) is 8.42. The molecule has 0 aromatic heterocycles. The third-order valence-electron chi connectivity index (χ3n) is 3.67. The van der Waals surface area contributed by atoms with E-state index < -0.39 is 0 Å². The van der Waals surface area contributed by atoms with Gasteiger partial charge in [-0.05, 0) is 39.0 Å². The van der Waals surface area contributed by atoms with Crippen LogP contribution in [0.5, 0.6) is 0 Å². The molecule has 0 saturated carbocycles. The van der Waals surface area contributed by atoms with E-state index in [4.69, 9.17) is 9.47 Å². The van der Waals surface area contributed by atoms with Crippen LogP contribution in [0.15, 0.2) is 4.99 Å². The van der Waals surface area contributed by atoms with Crippen molar-refractivity contribution in [2.24, 2.45) is 10.9 Å². The van der Waals surface area contributed by atoms with Gasteiger partial charge in [-0.15, -0.1) is 0 Å². The van der Waals surface area contributed by atoms with Crippen molar-refractivity contribution < 1.29 is 9.47 Å². The Hall–Kier alpha value is -0.810. The number of nitrogens with one attached hydrogen (secondary N) is 2. The second-order valence-corrected chi connectivity index (χ2v) is 5.81. The van der Waals surface area contributed by atoms with Gasteiger partial charge in [-0.1, -0.05) is 13.8 Å². The van der Waals surface area contributed by atoms with Crippen LogP contribution >= 0.6 is 0 Å². The maximum Gasteiger partial charge on any atom is 0.191 e. The van der Waals surface area contributed by atoms with Crippen LogP contribution in [0.4, 0.5) is 0 Å². The molecule has 1 heterocycles. The molecule has 1 aliphatic heterocycles. The molecule has 5 nitrogen and oxygen atoms in total. The lowest BCUT2D eigenvalue weighted by atomic mass is 10.0. The highest BCUT2D eigenvalue weighted by Crippen LogP contribution is 2.12. The monoisotopic (exact) mass is 299 g/mol. The normalized spacial score (nSPS) is 20.8. The molecule has 21 heavy (non-hydrogen) atoms. The second kappa shape index (κ2) is 10.9. The zero-order valence-electron chi connectivity index (χ0n) is 14.2. The molecule has 1 aliphatic rings. The standard InChI is InChI=1S/C16H33N3O2/c1-5-17-16(19-12-14-8-7-11-21-14)18-10-9-15(13(3)4)20-6-2/h13-15H,5-12H2,1-4H3,(H2,17,18,19). The maximum atomic E-state index is 5.77. The number of guanidine groups is 1. The van der Waals surface area contributed by atoms with E-state index in [9.17, 15) is 0 Å². The Bertz CT molecular complexity index is 289. The molecule has 0 aliphatic carbocycles. The number of nitrogens with zero attached hydrogens (tertiary/aromatic N) is 1. The van der Waals surface area contributed by atoms with Crippen molar-refractivity contribution in [3.63, 3.8) is 0 Å². The third-order valence-corrected chi connectivity index (χ3v) is 3.67. The van der Waals surface area contributed by atoms with Crippen LogP contribution in [0.2, 0.25) is 0 Å². The minimum Gasteiger partial charge on any atom is -0.378 e. The van der Waals surface area contributed by atoms with Crippen molar-refractivity contribution in [2.75, 3.05) is 32.8 Å². The summed E-state index contributed by atoms with van der Waals surface area (Å²) in [5, 5.41) is 6.68. The van der Waals surface area contributed by atoms with Gasteiger partial charge in [0, 0.05) is 26.3 Å². The van der Waals surface area contributed by atoms with Crippen LogP contribution in [0.3, 0.4) is 0 Å². The van der Waals surface area contributed by atoms with E-state index in [1.54, 1.807) is 0 Å². The maximum absolute atomic E-state index is 5.77. The molecular formula is C16H33N3O2. The quantitative estimate of drug-likeness (QED) is 0.506. The van der Waals surface area contributed by atoms with Gasteiger partial charge in [0.2, 0.25) is 0 Å². The molecule has 0 aromatic carbocycles. The number of aliphatic imine (C=N–C) groups is 1. The van der Waals surface area contributed by atoms with Gasteiger partial charge in [-0.2, -0.15) is 0 Å². The van der Waals surface area contributed by atoms with E-state index in [1.807, 2.05) is 0 Å². The average Bonchev–Trinajstić information content (AvgIpc) is 2.96. The summed E-state index contributed by atoms with van der Waals surface area (Å²) in [5.41, 5.74) is 0. The first-order chi connectivity index (χ1) is 10.2. The van der Waals surface area contributed by atoms with Crippen LogP contribution < -0.4 is 10.6 Å². The first-order valence-electron chi connectivity index (χ1n) is 8.42. The minimum atomic E-state index is 0.298. The van der Waals surface area contributed by atoms with Crippen LogP contribution in [-0.2, 0) is 9.47 Å². The number of hydrogen-bond donors (Lipinski definition) is 2. The van der Waals surface area contributed by atoms with E-state index in [2.05, 4.69) is 43.3 Å². The van der Waals surface area contributed by atoms with E-state index in [0.29, 0.717) is 18.1 Å². The van der Waals surface area contributed by atoms with E-state index in [1.165, 1.54) is 0 Å². The van der Waals surface area contributed by atoms with Crippen LogP contribution in [0, 0.1) is 5.92 Å². The zero-order valence-corrected chi connectivity index (χ0v) is 14.2. The molecule has 0 radical (unpaired) electrons. The highest BCUT2D eigenvalue weighted by molar-refractivity contribution is 5.79. The van der Waals surface area contributed by atoms with Crippen molar-refractivity contribution >= 4 is 5.96 Å². The Kier molecular flexibility index (Phi) is 9.42. The lowest BCUT2D eigenvalue weighted by molar-refractivity contribution is 0.0258. The fourth-order valence-corrected chi connectivity index (χ4v) is 2.48. The molecule has 124 valence electrons. The Labute approximate surface area is 129 Å². The molecule has 1 saturated heterocycles. The second-order valence-electron chi connectivity index (χ2n) is 5.81. The molecule has 1 rings (SSSR count). The summed E-state index contributed by atoms with van der Waals surface area (Å²) < 4.78 is 11.4. The summed E-state index contributed by atoms with van der Waals surface area (Å²) >= 11 is 0. The smallest absolute Gasteiger partial charge is 0.191 e. The Morgan fingerprint density at radius 1 is 1.33 bits per heavy atom. The molecule has 0 bridgehead atoms. The topological polar surface area (TPSA) is 54.9 Å². The minimum absolute atomic E-state index is 0.298. The summed E-state index contributed by atoms with van der Waals surface area (Å²) in [6.45, 7) is 12.7. The molecule has 0 amide bonds. The largest absolute Gasteiger partial charge is 0.378 e. The van der Waals surface area contributed by atoms with Gasteiger partial charge < -0.3 is 20.1 Å². The van der Waals surface area contributed by atoms with Gasteiger partial charge >= 0.3 is 0 Å². The van der Waals surface area contributed by atoms with Crippen molar-refractivity contribution in [3.8, 4) is 0 Å². The van der Waals surface area contributed by atoms with Gasteiger partial charge in [-0.25, -0.2) is 0 Å². The number of hydrogen-bond acceptors (Lipinski definition) is 3. The third kappa shape index (κ3) is 7.67. The molecule has 1 fully saturated rings. The van der Waals surface area contributed by atoms with Crippen LogP contribution in [0.25, 0.3) is 0 Å². The van der Waals surface area contributed by atoms with Crippen LogP contribution in [0.1, 0.15) is 47.0 Å². The lowest BCUT2D eigenvalue weighted by Crippen LogP contribution is -2.39. The molecule has 0 spiro atoms. The Morgan fingerprint density at radius 2 is 2.14 bits per heavy atom. The number of rotatable bonds is 9. The molecule has 0 aromatic rings. The van der Waals surface area contributed by atoms with Gasteiger partial charge in [0.25, 0.3) is 0 Å². The van der Waals surface area contributed by atoms with Crippen molar-refractivity contribution in [1.82, 2.24) is 10.6 Å². The summed E-state index contributed by atoms with van der Waals surface area (Å²) in [6.07, 6.45) is 3.89. The van der Waals surface area contributed by atoms with Crippen molar-refractivity contribution in [3.05, 3.63) is 0 Å². The van der Waals surface area contributed by atoms with Gasteiger partial charge in [0.1, 0.15) is 0 Å². The predicted molar refractivity (Wildman–Crippen MR) is 87.8 cm³/mol. The van der Waals surface area contributed by atoms with Crippen molar-refractivity contribution in [2.45, 2.75) is 59.2 Å². The van der Waals surface area contributed by atoms with E-state index in [-0.39, 0.29) is 0 Å². The molecule has 2 atom stereocenters. The van der Waals surface area contributed by atoms with E-state index >= 15 is 0 Å². The summed E-state index contributed by atoms with van der Waals surface area (Å²) in [7, 11) is 0. The Morgan fingerprint density at radius 3 is 2.71 bits per heavy atom. The average molecular weight is 299 g/mol. The van der Waals surface area contributed by atoms with Crippen molar-refractivity contribution in [1.29, 1.82) is 0 Å². The fourth-order valence-electron chi connectivity index (χ4n) is 2.48. The highest BCUT2D eigenvalue weighted by atomic mass is 16.5. The fraction of sp³-hybridized carbons (Fsp3) is 0.938. The van der Waals surface area contributed by atoms with Gasteiger partial charge in [0.15, 0.2) is 5.96 Å². The summed E-state index contributed by atoms with van der Waals surface area (Å²) in [6, 6.07) is 0. The molecule has 2 unspecified atom stereocenters.